The summed E-state index contributed by atoms with van der Waals surface area (Å²) in [7, 11) is 0. The molecule has 4 heteroatoms. The first-order valence-electron chi connectivity index (χ1n) is 6.62. The van der Waals surface area contributed by atoms with E-state index >= 15 is 0 Å². The largest absolute Gasteiger partial charge is 0.369 e. The maximum absolute atomic E-state index is 6.22. The van der Waals surface area contributed by atoms with Crippen LogP contribution in [0.2, 0.25) is 5.02 Å². The summed E-state index contributed by atoms with van der Waals surface area (Å²) in [5.41, 5.74) is 2.29. The highest BCUT2D eigenvalue weighted by molar-refractivity contribution is 6.32. The molecule has 0 radical (unpaired) electrons. The molecule has 3 rings (SSSR count). The highest BCUT2D eigenvalue weighted by Crippen LogP contribution is 2.32. The third-order valence-corrected chi connectivity index (χ3v) is 4.57. The molecule has 1 aromatic carbocycles. The lowest BCUT2D eigenvalue weighted by atomic mass is 10.1. The number of piperazine rings is 1. The molecule has 0 aromatic heterocycles. The van der Waals surface area contributed by atoms with Crippen LogP contribution < -0.4 is 4.90 Å². The van der Waals surface area contributed by atoms with E-state index in [9.17, 15) is 0 Å². The van der Waals surface area contributed by atoms with Crippen molar-refractivity contribution in [2.45, 2.75) is 24.8 Å². The van der Waals surface area contributed by atoms with E-state index in [4.69, 9.17) is 23.2 Å². The maximum Gasteiger partial charge on any atom is 0.0509 e. The molecule has 0 atom stereocenters. The van der Waals surface area contributed by atoms with Gasteiger partial charge in [0.1, 0.15) is 0 Å². The van der Waals surface area contributed by atoms with Crippen molar-refractivity contribution in [1.82, 2.24) is 4.90 Å². The topological polar surface area (TPSA) is 6.48 Å². The molecule has 0 N–H and O–H groups in total. The fourth-order valence-corrected chi connectivity index (χ4v) is 3.33. The van der Waals surface area contributed by atoms with Crippen LogP contribution in [0.5, 0.6) is 0 Å². The molecule has 0 spiro atoms. The summed E-state index contributed by atoms with van der Waals surface area (Å²) >= 11 is 12.2. The van der Waals surface area contributed by atoms with E-state index in [1.54, 1.807) is 0 Å². The Kier molecular flexibility index (Phi) is 3.69. The Labute approximate surface area is 118 Å². The monoisotopic (exact) mass is 284 g/mol. The number of rotatable bonds is 3. The molecule has 1 aromatic rings. The minimum absolute atomic E-state index is 0.484. The van der Waals surface area contributed by atoms with Crippen LogP contribution in [0.15, 0.2) is 18.2 Å². The van der Waals surface area contributed by atoms with Gasteiger partial charge in [0.15, 0.2) is 0 Å². The summed E-state index contributed by atoms with van der Waals surface area (Å²) in [4.78, 5) is 5.03. The fraction of sp³-hybridized carbons (Fsp3) is 0.571. The Morgan fingerprint density at radius 3 is 2.44 bits per heavy atom. The smallest absolute Gasteiger partial charge is 0.0509 e. The third kappa shape index (κ3) is 2.47. The van der Waals surface area contributed by atoms with E-state index < -0.39 is 0 Å². The van der Waals surface area contributed by atoms with Crippen LogP contribution in [0.25, 0.3) is 0 Å². The van der Waals surface area contributed by atoms with Crippen molar-refractivity contribution in [2.75, 3.05) is 31.1 Å². The second-order valence-corrected chi connectivity index (χ2v) is 5.80. The molecule has 0 bridgehead atoms. The van der Waals surface area contributed by atoms with Gasteiger partial charge in [-0.25, -0.2) is 0 Å². The lowest BCUT2D eigenvalue weighted by molar-refractivity contribution is 0.248. The first-order valence-corrected chi connectivity index (χ1v) is 7.53. The van der Waals surface area contributed by atoms with Crippen LogP contribution in [0.3, 0.4) is 0 Å². The molecular formula is C14H18Cl2N2. The van der Waals surface area contributed by atoms with E-state index in [0.29, 0.717) is 5.88 Å². The van der Waals surface area contributed by atoms with Crippen molar-refractivity contribution in [1.29, 1.82) is 0 Å². The van der Waals surface area contributed by atoms with E-state index in [1.165, 1.54) is 31.6 Å². The van der Waals surface area contributed by atoms with E-state index in [1.807, 2.05) is 12.1 Å². The number of halogens is 2. The maximum atomic E-state index is 6.22. The number of nitrogens with zero attached hydrogens (tertiary/aromatic N) is 2. The molecule has 98 valence electrons. The van der Waals surface area contributed by atoms with Crippen LogP contribution in [0.4, 0.5) is 5.69 Å². The van der Waals surface area contributed by atoms with Gasteiger partial charge in [0.05, 0.1) is 5.88 Å². The molecule has 1 saturated heterocycles. The van der Waals surface area contributed by atoms with Crippen molar-refractivity contribution in [3.8, 4) is 0 Å². The summed E-state index contributed by atoms with van der Waals surface area (Å²) in [5.74, 6) is 0.484. The Morgan fingerprint density at radius 1 is 1.11 bits per heavy atom. The van der Waals surface area contributed by atoms with Crippen LogP contribution in [0, 0.1) is 0 Å². The van der Waals surface area contributed by atoms with E-state index in [-0.39, 0.29) is 0 Å². The molecule has 0 unspecified atom stereocenters. The van der Waals surface area contributed by atoms with E-state index in [0.717, 1.165) is 29.7 Å². The van der Waals surface area contributed by atoms with Gasteiger partial charge in [0.25, 0.3) is 0 Å². The molecule has 18 heavy (non-hydrogen) atoms. The number of hydrogen-bond acceptors (Lipinski definition) is 2. The average molecular weight is 285 g/mol. The van der Waals surface area contributed by atoms with Crippen LogP contribution >= 0.6 is 23.2 Å². The fourth-order valence-electron chi connectivity index (χ4n) is 2.74. The SMILES string of the molecule is ClCc1c(Cl)cccc1N1CCN(C2CC2)CC1. The zero-order valence-corrected chi connectivity index (χ0v) is 11.9. The minimum Gasteiger partial charge on any atom is -0.369 e. The summed E-state index contributed by atoms with van der Waals surface area (Å²) < 4.78 is 0. The van der Waals surface area contributed by atoms with Crippen molar-refractivity contribution < 1.29 is 0 Å². The van der Waals surface area contributed by atoms with E-state index in [2.05, 4.69) is 15.9 Å². The Balaban J connectivity index is 1.73. The van der Waals surface area contributed by atoms with Crippen LogP contribution in [0.1, 0.15) is 18.4 Å². The zero-order valence-electron chi connectivity index (χ0n) is 10.4. The molecule has 2 nitrogen and oxygen atoms in total. The van der Waals surface area contributed by atoms with Gasteiger partial charge in [-0.3, -0.25) is 4.90 Å². The Hall–Kier alpha value is -0.440. The van der Waals surface area contributed by atoms with Crippen molar-refractivity contribution in [2.24, 2.45) is 0 Å². The zero-order chi connectivity index (χ0) is 12.5. The number of benzene rings is 1. The van der Waals surface area contributed by atoms with Gasteiger partial charge < -0.3 is 4.90 Å². The van der Waals surface area contributed by atoms with Crippen molar-refractivity contribution in [3.05, 3.63) is 28.8 Å². The van der Waals surface area contributed by atoms with Gasteiger partial charge in [-0.1, -0.05) is 17.7 Å². The summed E-state index contributed by atoms with van der Waals surface area (Å²) in [6, 6.07) is 6.94. The Morgan fingerprint density at radius 2 is 1.83 bits per heavy atom. The third-order valence-electron chi connectivity index (χ3n) is 3.95. The second-order valence-electron chi connectivity index (χ2n) is 5.13. The molecule has 2 fully saturated rings. The first kappa shape index (κ1) is 12.6. The predicted molar refractivity (Wildman–Crippen MR) is 77.8 cm³/mol. The van der Waals surface area contributed by atoms with Gasteiger partial charge in [-0.15, -0.1) is 11.6 Å². The lowest BCUT2D eigenvalue weighted by Crippen LogP contribution is -2.47. The lowest BCUT2D eigenvalue weighted by Gasteiger charge is -2.37. The Bertz CT molecular complexity index is 424. The van der Waals surface area contributed by atoms with Crippen molar-refractivity contribution >= 4 is 28.9 Å². The predicted octanol–water partition coefficient (Wildman–Crippen LogP) is 3.36. The highest BCUT2D eigenvalue weighted by Gasteiger charge is 2.31. The van der Waals surface area contributed by atoms with Gasteiger partial charge in [0.2, 0.25) is 0 Å². The molecule has 1 heterocycles. The second kappa shape index (κ2) is 5.28. The normalized spacial score (nSPS) is 21.3. The highest BCUT2D eigenvalue weighted by atomic mass is 35.5. The first-order chi connectivity index (χ1) is 8.79. The standard InChI is InChI=1S/C14H18Cl2N2/c15-10-12-13(16)2-1-3-14(12)18-8-6-17(7-9-18)11-4-5-11/h1-3,11H,4-10H2. The summed E-state index contributed by atoms with van der Waals surface area (Å²) in [6.07, 6.45) is 2.79. The summed E-state index contributed by atoms with van der Waals surface area (Å²) in [5, 5.41) is 0.784. The number of anilines is 1. The molecule has 1 aliphatic carbocycles. The van der Waals surface area contributed by atoms with Crippen molar-refractivity contribution in [3.63, 3.8) is 0 Å². The minimum atomic E-state index is 0.484. The quantitative estimate of drug-likeness (QED) is 0.786. The number of hydrogen-bond donors (Lipinski definition) is 0. The van der Waals surface area contributed by atoms with Gasteiger partial charge in [-0.05, 0) is 25.0 Å². The molecule has 1 saturated carbocycles. The van der Waals surface area contributed by atoms with Crippen LogP contribution in [-0.2, 0) is 5.88 Å². The van der Waals surface area contributed by atoms with Gasteiger partial charge >= 0.3 is 0 Å². The van der Waals surface area contributed by atoms with Gasteiger partial charge in [-0.2, -0.15) is 0 Å². The molecule has 2 aliphatic rings. The number of alkyl halides is 1. The average Bonchev–Trinajstić information content (AvgIpc) is 3.23. The summed E-state index contributed by atoms with van der Waals surface area (Å²) in [6.45, 7) is 4.50. The molecule has 1 aliphatic heterocycles. The van der Waals surface area contributed by atoms with Crippen LogP contribution in [-0.4, -0.2) is 37.1 Å². The molecular weight excluding hydrogens is 267 g/mol. The molecule has 0 amide bonds. The van der Waals surface area contributed by atoms with Gasteiger partial charge in [0, 0.05) is 48.5 Å².